The molecule has 1 atom stereocenters. The van der Waals surface area contributed by atoms with Crippen LogP contribution in [0, 0.1) is 10.8 Å². The van der Waals surface area contributed by atoms with Gasteiger partial charge >= 0.3 is 0 Å². The lowest BCUT2D eigenvalue weighted by molar-refractivity contribution is 0.416. The first-order valence-corrected chi connectivity index (χ1v) is 12.8. The molecule has 1 aliphatic heterocycles. The van der Waals surface area contributed by atoms with Gasteiger partial charge in [-0.25, -0.2) is 0 Å². The zero-order valence-electron chi connectivity index (χ0n) is 22.0. The molecule has 0 aromatic heterocycles. The molecule has 0 amide bonds. The van der Waals surface area contributed by atoms with E-state index in [4.69, 9.17) is 0 Å². The maximum Gasteiger partial charge on any atom is 0.0688 e. The second-order valence-corrected chi connectivity index (χ2v) is 12.1. The van der Waals surface area contributed by atoms with Gasteiger partial charge in [0, 0.05) is 13.1 Å². The summed E-state index contributed by atoms with van der Waals surface area (Å²) >= 11 is 0. The van der Waals surface area contributed by atoms with Gasteiger partial charge in [-0.2, -0.15) is 0 Å². The van der Waals surface area contributed by atoms with E-state index < -0.39 is 0 Å². The predicted octanol–water partition coefficient (Wildman–Crippen LogP) is 9.44. The van der Waals surface area contributed by atoms with Crippen LogP contribution in [0.3, 0.4) is 0 Å². The van der Waals surface area contributed by atoms with Crippen molar-refractivity contribution in [3.63, 3.8) is 0 Å². The Bertz CT molecular complexity index is 884. The molecule has 0 radical (unpaired) electrons. The average Bonchev–Trinajstić information content (AvgIpc) is 2.71. The molecule has 32 heavy (non-hydrogen) atoms. The Kier molecular flexibility index (Phi) is 7.63. The standard InChI is InChI=1S/C30H46N2/c1-9-11-12-16-23(10-2)24-17-15-20-27-28(24)32(22-30(6,7)8)26-19-14-13-18-25(26)31(27)21-29(3,4)5/h13-15,17-20,23H,9-12,16,21-22H2,1-8H3. The van der Waals surface area contributed by atoms with Gasteiger partial charge in [0.15, 0.2) is 0 Å². The summed E-state index contributed by atoms with van der Waals surface area (Å²) in [6.07, 6.45) is 6.41. The summed E-state index contributed by atoms with van der Waals surface area (Å²) in [6, 6.07) is 16.1. The Morgan fingerprint density at radius 2 is 1.25 bits per heavy atom. The largest absolute Gasteiger partial charge is 0.338 e. The molecule has 2 nitrogen and oxygen atoms in total. The zero-order valence-corrected chi connectivity index (χ0v) is 22.0. The van der Waals surface area contributed by atoms with E-state index in [1.807, 2.05) is 0 Å². The molecule has 176 valence electrons. The van der Waals surface area contributed by atoms with E-state index in [1.54, 1.807) is 5.56 Å². The van der Waals surface area contributed by atoms with Gasteiger partial charge in [0.2, 0.25) is 0 Å². The Labute approximate surface area is 198 Å². The minimum absolute atomic E-state index is 0.202. The number of unbranched alkanes of at least 4 members (excludes halogenated alkanes) is 2. The first-order valence-electron chi connectivity index (χ1n) is 12.8. The second-order valence-electron chi connectivity index (χ2n) is 12.1. The first kappa shape index (κ1) is 24.7. The molecule has 0 fully saturated rings. The van der Waals surface area contributed by atoms with Gasteiger partial charge in [0.1, 0.15) is 0 Å². The third-order valence-electron chi connectivity index (χ3n) is 6.42. The molecule has 0 aliphatic carbocycles. The fourth-order valence-corrected chi connectivity index (χ4v) is 5.06. The Balaban J connectivity index is 2.20. The lowest BCUT2D eigenvalue weighted by atomic mass is 9.86. The van der Waals surface area contributed by atoms with Gasteiger partial charge in [-0.1, -0.05) is 98.9 Å². The van der Waals surface area contributed by atoms with E-state index in [0.717, 1.165) is 13.1 Å². The molecular formula is C30H46N2. The molecular weight excluding hydrogens is 388 g/mol. The Morgan fingerprint density at radius 3 is 1.81 bits per heavy atom. The molecule has 0 spiro atoms. The number of nitrogens with zero attached hydrogens (tertiary/aromatic N) is 2. The molecule has 1 heterocycles. The molecule has 1 aliphatic rings. The van der Waals surface area contributed by atoms with Gasteiger partial charge in [-0.15, -0.1) is 0 Å². The fraction of sp³-hybridized carbons (Fsp3) is 0.600. The van der Waals surface area contributed by atoms with Crippen molar-refractivity contribution in [2.45, 2.75) is 93.4 Å². The SMILES string of the molecule is CCCCCC(CC)c1cccc2c1N(CC(C)(C)C)c1ccccc1N2CC(C)(C)C. The second kappa shape index (κ2) is 9.89. The molecule has 2 heteroatoms. The molecule has 0 N–H and O–H groups in total. The first-order chi connectivity index (χ1) is 15.1. The summed E-state index contributed by atoms with van der Waals surface area (Å²) in [4.78, 5) is 5.23. The Hall–Kier alpha value is -1.96. The van der Waals surface area contributed by atoms with Crippen molar-refractivity contribution in [3.8, 4) is 0 Å². The van der Waals surface area contributed by atoms with Crippen molar-refractivity contribution in [1.29, 1.82) is 0 Å². The molecule has 2 aromatic carbocycles. The van der Waals surface area contributed by atoms with Crippen LogP contribution in [-0.2, 0) is 0 Å². The summed E-state index contributed by atoms with van der Waals surface area (Å²) in [6.45, 7) is 20.8. The van der Waals surface area contributed by atoms with Crippen molar-refractivity contribution in [2.24, 2.45) is 10.8 Å². The van der Waals surface area contributed by atoms with Gasteiger partial charge in [-0.05, 0) is 53.4 Å². The van der Waals surface area contributed by atoms with Crippen LogP contribution in [0.1, 0.15) is 99.0 Å². The van der Waals surface area contributed by atoms with Crippen molar-refractivity contribution in [1.82, 2.24) is 0 Å². The highest BCUT2D eigenvalue weighted by Gasteiger charge is 2.34. The lowest BCUT2D eigenvalue weighted by Gasteiger charge is -2.45. The molecule has 0 saturated carbocycles. The van der Waals surface area contributed by atoms with E-state index in [-0.39, 0.29) is 10.8 Å². The average molecular weight is 435 g/mol. The molecule has 3 rings (SSSR count). The predicted molar refractivity (Wildman–Crippen MR) is 143 cm³/mol. The highest BCUT2D eigenvalue weighted by Crippen LogP contribution is 2.53. The number of benzene rings is 2. The lowest BCUT2D eigenvalue weighted by Crippen LogP contribution is -2.38. The van der Waals surface area contributed by atoms with Crippen LogP contribution in [-0.4, -0.2) is 13.1 Å². The van der Waals surface area contributed by atoms with Crippen molar-refractivity contribution < 1.29 is 0 Å². The van der Waals surface area contributed by atoms with Gasteiger partial charge in [-0.3, -0.25) is 0 Å². The number of hydrogen-bond acceptors (Lipinski definition) is 2. The van der Waals surface area contributed by atoms with Crippen molar-refractivity contribution >= 4 is 22.7 Å². The number of hydrogen-bond donors (Lipinski definition) is 0. The number of anilines is 4. The zero-order chi connectivity index (χ0) is 23.5. The molecule has 0 saturated heterocycles. The van der Waals surface area contributed by atoms with Gasteiger partial charge < -0.3 is 9.80 Å². The Morgan fingerprint density at radius 1 is 0.688 bits per heavy atom. The minimum atomic E-state index is 0.202. The van der Waals surface area contributed by atoms with Crippen LogP contribution in [0.25, 0.3) is 0 Å². The number of para-hydroxylation sites is 3. The fourth-order valence-electron chi connectivity index (χ4n) is 5.06. The summed E-state index contributed by atoms with van der Waals surface area (Å²) in [5, 5.41) is 0. The highest BCUT2D eigenvalue weighted by atomic mass is 15.3. The van der Waals surface area contributed by atoms with Crippen LogP contribution < -0.4 is 9.80 Å². The van der Waals surface area contributed by atoms with Crippen molar-refractivity contribution in [3.05, 3.63) is 48.0 Å². The maximum atomic E-state index is 2.64. The van der Waals surface area contributed by atoms with E-state index in [2.05, 4.69) is 108 Å². The topological polar surface area (TPSA) is 6.48 Å². The normalized spacial score (nSPS) is 14.9. The van der Waals surface area contributed by atoms with E-state index in [9.17, 15) is 0 Å². The third kappa shape index (κ3) is 5.69. The smallest absolute Gasteiger partial charge is 0.0688 e. The van der Waals surface area contributed by atoms with E-state index in [1.165, 1.54) is 54.9 Å². The van der Waals surface area contributed by atoms with E-state index in [0.29, 0.717) is 5.92 Å². The van der Waals surface area contributed by atoms with Crippen LogP contribution in [0.5, 0.6) is 0 Å². The summed E-state index contributed by atoms with van der Waals surface area (Å²) in [5.74, 6) is 0.612. The minimum Gasteiger partial charge on any atom is -0.338 e. The number of fused-ring (bicyclic) bond motifs is 2. The maximum absolute atomic E-state index is 2.64. The monoisotopic (exact) mass is 434 g/mol. The van der Waals surface area contributed by atoms with Crippen LogP contribution in [0.15, 0.2) is 42.5 Å². The summed E-state index contributed by atoms with van der Waals surface area (Å²) in [7, 11) is 0. The number of rotatable bonds is 8. The highest BCUT2D eigenvalue weighted by molar-refractivity contribution is 5.95. The van der Waals surface area contributed by atoms with Crippen LogP contribution in [0.4, 0.5) is 22.7 Å². The molecule has 1 unspecified atom stereocenters. The van der Waals surface area contributed by atoms with Gasteiger partial charge in [0.05, 0.1) is 22.7 Å². The van der Waals surface area contributed by atoms with Crippen LogP contribution in [0.2, 0.25) is 0 Å². The molecule has 0 bridgehead atoms. The van der Waals surface area contributed by atoms with E-state index >= 15 is 0 Å². The summed E-state index contributed by atoms with van der Waals surface area (Å²) < 4.78 is 0. The van der Waals surface area contributed by atoms with Gasteiger partial charge in [0.25, 0.3) is 0 Å². The third-order valence-corrected chi connectivity index (χ3v) is 6.42. The summed E-state index contributed by atoms with van der Waals surface area (Å²) in [5.41, 5.74) is 7.48. The molecule has 2 aromatic rings. The van der Waals surface area contributed by atoms with Crippen molar-refractivity contribution in [2.75, 3.05) is 22.9 Å². The van der Waals surface area contributed by atoms with Crippen LogP contribution >= 0.6 is 0 Å². The quantitative estimate of drug-likeness (QED) is 0.382.